The van der Waals surface area contributed by atoms with Crippen LogP contribution in [-0.4, -0.2) is 37.1 Å². The van der Waals surface area contributed by atoms with Crippen LogP contribution < -0.4 is 0 Å². The highest BCUT2D eigenvalue weighted by Gasteiger charge is 2.32. The van der Waals surface area contributed by atoms with Gasteiger partial charge in [0.15, 0.2) is 11.6 Å². The Bertz CT molecular complexity index is 1240. The summed E-state index contributed by atoms with van der Waals surface area (Å²) in [5.74, 6) is 1.53. The Hall–Kier alpha value is -3.58. The number of hydrogen-bond acceptors (Lipinski definition) is 5. The molecule has 7 heteroatoms. The van der Waals surface area contributed by atoms with Crippen LogP contribution in [0.15, 0.2) is 66.6 Å². The minimum atomic E-state index is -0.172. The summed E-state index contributed by atoms with van der Waals surface area (Å²) in [5.41, 5.74) is 3.70. The van der Waals surface area contributed by atoms with Crippen molar-refractivity contribution in [2.24, 2.45) is 0 Å². The minimum Gasteiger partial charge on any atom is -0.327 e. The smallest absolute Gasteiger partial charge is 0.254 e. The Labute approximate surface area is 184 Å². The first-order valence-corrected chi connectivity index (χ1v) is 11.0. The Morgan fingerprint density at radius 3 is 2.52 bits per heavy atom. The van der Waals surface area contributed by atoms with E-state index >= 15 is 0 Å². The molecule has 0 saturated heterocycles. The van der Waals surface area contributed by atoms with E-state index in [0.717, 1.165) is 33.5 Å². The summed E-state index contributed by atoms with van der Waals surface area (Å²) < 4.78 is 2.06. The van der Waals surface area contributed by atoms with Crippen molar-refractivity contribution < 1.29 is 4.79 Å². The average molecular weight is 428 g/mol. The topological polar surface area (TPSA) is 63.9 Å². The molecule has 2 aromatic heterocycles. The number of fused-ring (bicyclic) bond motifs is 1. The first-order chi connectivity index (χ1) is 15.2. The molecule has 3 heterocycles. The molecule has 0 fully saturated rings. The SMILES string of the molecule is C=Cc1nc(-c2nnc3n2CCN(C(=O)c2ccc(-c4ccccc4)cc2)C3C)cs1. The highest BCUT2D eigenvalue weighted by molar-refractivity contribution is 7.10. The van der Waals surface area contributed by atoms with Crippen molar-refractivity contribution in [2.75, 3.05) is 6.54 Å². The number of nitrogens with zero attached hydrogens (tertiary/aromatic N) is 5. The van der Waals surface area contributed by atoms with Gasteiger partial charge in [0, 0.05) is 24.0 Å². The van der Waals surface area contributed by atoms with Crippen molar-refractivity contribution in [3.05, 3.63) is 83.0 Å². The van der Waals surface area contributed by atoms with Gasteiger partial charge in [-0.1, -0.05) is 49.0 Å². The first kappa shape index (κ1) is 19.4. The lowest BCUT2D eigenvalue weighted by Gasteiger charge is -2.33. The van der Waals surface area contributed by atoms with Crippen molar-refractivity contribution >= 4 is 23.3 Å². The lowest BCUT2D eigenvalue weighted by molar-refractivity contribution is 0.0638. The molecule has 1 unspecified atom stereocenters. The Kier molecular flexibility index (Phi) is 4.95. The fraction of sp³-hybridized carbons (Fsp3) is 0.167. The standard InChI is InChI=1S/C24H21N5OS/c1-3-21-25-20(15-31-21)23-27-26-22-16(2)28(13-14-29(22)23)24(30)19-11-9-18(10-12-19)17-7-5-4-6-8-17/h3-12,15-16H,1,13-14H2,2H3. The van der Waals surface area contributed by atoms with E-state index in [9.17, 15) is 4.79 Å². The largest absolute Gasteiger partial charge is 0.327 e. The van der Waals surface area contributed by atoms with Crippen LogP contribution in [0, 0.1) is 0 Å². The summed E-state index contributed by atoms with van der Waals surface area (Å²) in [6.45, 7) is 6.99. The second-order valence-electron chi connectivity index (χ2n) is 7.43. The zero-order chi connectivity index (χ0) is 21.4. The fourth-order valence-electron chi connectivity index (χ4n) is 3.94. The number of benzene rings is 2. The molecular formula is C24H21N5OS. The summed E-state index contributed by atoms with van der Waals surface area (Å²) in [6.07, 6.45) is 1.73. The van der Waals surface area contributed by atoms with E-state index in [1.807, 2.05) is 59.7 Å². The maximum Gasteiger partial charge on any atom is 0.254 e. The third-order valence-electron chi connectivity index (χ3n) is 5.61. The van der Waals surface area contributed by atoms with Gasteiger partial charge in [-0.2, -0.15) is 0 Å². The number of aromatic nitrogens is 4. The number of thiazole rings is 1. The van der Waals surface area contributed by atoms with E-state index in [1.165, 1.54) is 11.3 Å². The van der Waals surface area contributed by atoms with Gasteiger partial charge in [0.2, 0.25) is 0 Å². The van der Waals surface area contributed by atoms with E-state index in [2.05, 4.69) is 38.5 Å². The molecule has 1 aliphatic heterocycles. The number of carbonyl (C=O) groups excluding carboxylic acids is 1. The van der Waals surface area contributed by atoms with Gasteiger partial charge in [0.05, 0.1) is 6.04 Å². The van der Waals surface area contributed by atoms with Crippen LogP contribution >= 0.6 is 11.3 Å². The molecule has 6 nitrogen and oxygen atoms in total. The van der Waals surface area contributed by atoms with Crippen LogP contribution in [0.25, 0.3) is 28.7 Å². The van der Waals surface area contributed by atoms with Crippen molar-refractivity contribution in [2.45, 2.75) is 19.5 Å². The summed E-state index contributed by atoms with van der Waals surface area (Å²) in [6, 6.07) is 17.8. The molecule has 1 atom stereocenters. The van der Waals surface area contributed by atoms with Crippen LogP contribution in [0.2, 0.25) is 0 Å². The van der Waals surface area contributed by atoms with Gasteiger partial charge in [-0.25, -0.2) is 4.98 Å². The molecule has 0 N–H and O–H groups in total. The molecule has 5 rings (SSSR count). The van der Waals surface area contributed by atoms with Gasteiger partial charge in [-0.15, -0.1) is 21.5 Å². The zero-order valence-electron chi connectivity index (χ0n) is 17.1. The van der Waals surface area contributed by atoms with Crippen LogP contribution in [0.1, 0.15) is 34.2 Å². The first-order valence-electron chi connectivity index (χ1n) is 10.1. The van der Waals surface area contributed by atoms with Gasteiger partial charge >= 0.3 is 0 Å². The quantitative estimate of drug-likeness (QED) is 0.463. The monoisotopic (exact) mass is 427 g/mol. The van der Waals surface area contributed by atoms with E-state index < -0.39 is 0 Å². The molecular weight excluding hydrogens is 406 g/mol. The number of amides is 1. The average Bonchev–Trinajstić information content (AvgIpc) is 3.47. The summed E-state index contributed by atoms with van der Waals surface area (Å²) in [4.78, 5) is 19.6. The van der Waals surface area contributed by atoms with Gasteiger partial charge < -0.3 is 9.47 Å². The number of carbonyl (C=O) groups is 1. The molecule has 4 aromatic rings. The van der Waals surface area contributed by atoms with Crippen molar-refractivity contribution in [3.8, 4) is 22.6 Å². The molecule has 1 amide bonds. The maximum atomic E-state index is 13.2. The molecule has 0 radical (unpaired) electrons. The maximum absolute atomic E-state index is 13.2. The zero-order valence-corrected chi connectivity index (χ0v) is 17.9. The normalized spacial score (nSPS) is 15.5. The molecule has 2 aromatic carbocycles. The molecule has 0 saturated carbocycles. The Morgan fingerprint density at radius 2 is 1.81 bits per heavy atom. The van der Waals surface area contributed by atoms with Crippen molar-refractivity contribution in [3.63, 3.8) is 0 Å². The van der Waals surface area contributed by atoms with E-state index in [4.69, 9.17) is 0 Å². The lowest BCUT2D eigenvalue weighted by Crippen LogP contribution is -2.41. The summed E-state index contributed by atoms with van der Waals surface area (Å²) >= 11 is 1.53. The van der Waals surface area contributed by atoms with Crippen LogP contribution in [0.5, 0.6) is 0 Å². The van der Waals surface area contributed by atoms with Crippen LogP contribution in [0.4, 0.5) is 0 Å². The second kappa shape index (κ2) is 7.92. The summed E-state index contributed by atoms with van der Waals surface area (Å²) in [5, 5.41) is 11.6. The predicted octanol–water partition coefficient (Wildman–Crippen LogP) is 4.93. The molecule has 0 bridgehead atoms. The summed E-state index contributed by atoms with van der Waals surface area (Å²) in [7, 11) is 0. The van der Waals surface area contributed by atoms with Gasteiger partial charge in [0.1, 0.15) is 10.7 Å². The third kappa shape index (κ3) is 3.47. The van der Waals surface area contributed by atoms with Crippen molar-refractivity contribution in [1.29, 1.82) is 0 Å². The molecule has 0 spiro atoms. The van der Waals surface area contributed by atoms with Gasteiger partial charge in [-0.3, -0.25) is 4.79 Å². The van der Waals surface area contributed by atoms with Crippen molar-refractivity contribution in [1.82, 2.24) is 24.6 Å². The van der Waals surface area contributed by atoms with Gasteiger partial charge in [-0.05, 0) is 36.3 Å². The lowest BCUT2D eigenvalue weighted by atomic mass is 10.0. The number of hydrogen-bond donors (Lipinski definition) is 0. The third-order valence-corrected chi connectivity index (χ3v) is 6.45. The Balaban J connectivity index is 1.38. The Morgan fingerprint density at radius 1 is 1.06 bits per heavy atom. The van der Waals surface area contributed by atoms with Gasteiger partial charge in [0.25, 0.3) is 5.91 Å². The van der Waals surface area contributed by atoms with E-state index in [-0.39, 0.29) is 11.9 Å². The minimum absolute atomic E-state index is 0.00511. The number of rotatable bonds is 4. The second-order valence-corrected chi connectivity index (χ2v) is 8.32. The fourth-order valence-corrected chi connectivity index (χ4v) is 4.58. The van der Waals surface area contributed by atoms with E-state index in [0.29, 0.717) is 18.7 Å². The van der Waals surface area contributed by atoms with Crippen LogP contribution in [0.3, 0.4) is 0 Å². The molecule has 1 aliphatic rings. The molecule has 154 valence electrons. The highest BCUT2D eigenvalue weighted by Crippen LogP contribution is 2.30. The van der Waals surface area contributed by atoms with E-state index in [1.54, 1.807) is 6.08 Å². The molecule has 31 heavy (non-hydrogen) atoms. The predicted molar refractivity (Wildman–Crippen MR) is 123 cm³/mol. The highest BCUT2D eigenvalue weighted by atomic mass is 32.1. The molecule has 0 aliphatic carbocycles. The van der Waals surface area contributed by atoms with Crippen LogP contribution in [-0.2, 0) is 6.54 Å².